The van der Waals surface area contributed by atoms with Crippen molar-refractivity contribution in [3.63, 3.8) is 0 Å². The van der Waals surface area contributed by atoms with Gasteiger partial charge in [0.05, 0.1) is 0 Å². The molecule has 1 heterocycles. The Bertz CT molecular complexity index is 605. The van der Waals surface area contributed by atoms with E-state index in [-0.39, 0.29) is 29.8 Å². The monoisotopic (exact) mass is 497 g/mol. The van der Waals surface area contributed by atoms with Gasteiger partial charge < -0.3 is 10.6 Å². The van der Waals surface area contributed by atoms with Crippen molar-refractivity contribution in [1.29, 1.82) is 0 Å². The minimum atomic E-state index is -0.240. The molecule has 0 bridgehead atoms. The molecule has 22 heavy (non-hydrogen) atoms. The number of thiophene rings is 1. The van der Waals surface area contributed by atoms with Crippen molar-refractivity contribution >= 4 is 57.2 Å². The molecule has 0 aliphatic heterocycles. The highest BCUT2D eigenvalue weighted by molar-refractivity contribution is 14.0. The molecule has 0 saturated heterocycles. The van der Waals surface area contributed by atoms with Crippen LogP contribution in [0.1, 0.15) is 10.4 Å². The first-order valence-corrected chi connectivity index (χ1v) is 8.27. The highest BCUT2D eigenvalue weighted by Gasteiger charge is 2.03. The van der Waals surface area contributed by atoms with Gasteiger partial charge in [0.2, 0.25) is 0 Å². The number of rotatable bonds is 5. The summed E-state index contributed by atoms with van der Waals surface area (Å²) in [6, 6.07) is 8.82. The van der Waals surface area contributed by atoms with E-state index in [0.717, 1.165) is 23.0 Å². The van der Waals surface area contributed by atoms with E-state index in [1.165, 1.54) is 17.0 Å². The summed E-state index contributed by atoms with van der Waals surface area (Å²) in [7, 11) is 1.72. The van der Waals surface area contributed by atoms with Crippen molar-refractivity contribution in [2.24, 2.45) is 4.99 Å². The van der Waals surface area contributed by atoms with Crippen molar-refractivity contribution in [2.45, 2.75) is 13.0 Å². The van der Waals surface area contributed by atoms with Crippen LogP contribution < -0.4 is 10.6 Å². The second kappa shape index (κ2) is 10.2. The second-order valence-electron chi connectivity index (χ2n) is 4.42. The van der Waals surface area contributed by atoms with Crippen LogP contribution in [0.4, 0.5) is 4.39 Å². The number of hydrogen-bond acceptors (Lipinski definition) is 2. The van der Waals surface area contributed by atoms with Gasteiger partial charge >= 0.3 is 0 Å². The smallest absolute Gasteiger partial charge is 0.191 e. The quantitative estimate of drug-likeness (QED) is 0.369. The van der Waals surface area contributed by atoms with Gasteiger partial charge in [0.1, 0.15) is 5.82 Å². The summed E-state index contributed by atoms with van der Waals surface area (Å²) in [4.78, 5) is 5.50. The van der Waals surface area contributed by atoms with Gasteiger partial charge in [0.25, 0.3) is 0 Å². The van der Waals surface area contributed by atoms with E-state index in [1.54, 1.807) is 24.5 Å². The lowest BCUT2D eigenvalue weighted by molar-refractivity contribution is 0.624. The maximum atomic E-state index is 13.2. The Hall–Kier alpha value is -0.670. The molecule has 7 heteroatoms. The van der Waals surface area contributed by atoms with Crippen molar-refractivity contribution in [3.05, 3.63) is 56.4 Å². The van der Waals surface area contributed by atoms with E-state index in [0.29, 0.717) is 12.5 Å². The number of guanidine groups is 1. The van der Waals surface area contributed by atoms with E-state index in [2.05, 4.69) is 49.1 Å². The Morgan fingerprint density at radius 2 is 2.14 bits per heavy atom. The summed E-state index contributed by atoms with van der Waals surface area (Å²) < 4.78 is 14.1. The highest BCUT2D eigenvalue weighted by atomic mass is 127. The third-order valence-electron chi connectivity index (χ3n) is 2.92. The average molecular weight is 498 g/mol. The molecular formula is C15H18BrFIN3S. The number of nitrogens with zero attached hydrogens (tertiary/aromatic N) is 1. The van der Waals surface area contributed by atoms with Crippen LogP contribution in [0.5, 0.6) is 0 Å². The fraction of sp³-hybridized carbons (Fsp3) is 0.267. The van der Waals surface area contributed by atoms with Crippen LogP contribution in [-0.4, -0.2) is 19.6 Å². The van der Waals surface area contributed by atoms with Crippen molar-refractivity contribution in [2.75, 3.05) is 13.6 Å². The fourth-order valence-corrected chi connectivity index (χ4v) is 2.93. The summed E-state index contributed by atoms with van der Waals surface area (Å²) in [6.07, 6.45) is 0.960. The number of halogens is 3. The summed E-state index contributed by atoms with van der Waals surface area (Å²) in [5.74, 6) is 0.471. The molecule has 1 aromatic carbocycles. The first-order chi connectivity index (χ1) is 10.2. The normalized spacial score (nSPS) is 11.0. The number of nitrogens with one attached hydrogen (secondary N) is 2. The molecule has 0 fully saturated rings. The molecule has 0 atom stereocenters. The van der Waals surface area contributed by atoms with E-state index in [9.17, 15) is 4.39 Å². The minimum Gasteiger partial charge on any atom is -0.356 e. The van der Waals surface area contributed by atoms with Gasteiger partial charge in [-0.1, -0.05) is 22.0 Å². The van der Waals surface area contributed by atoms with E-state index >= 15 is 0 Å². The van der Waals surface area contributed by atoms with Gasteiger partial charge in [-0.15, -0.1) is 35.3 Å². The lowest BCUT2D eigenvalue weighted by Crippen LogP contribution is -2.37. The van der Waals surface area contributed by atoms with Gasteiger partial charge in [-0.25, -0.2) is 4.39 Å². The highest BCUT2D eigenvalue weighted by Crippen LogP contribution is 2.17. The lowest BCUT2D eigenvalue weighted by atomic mass is 10.2. The molecule has 0 unspecified atom stereocenters. The summed E-state index contributed by atoms with van der Waals surface area (Å²) in [6.45, 7) is 1.32. The third kappa shape index (κ3) is 6.21. The first-order valence-electron chi connectivity index (χ1n) is 6.60. The minimum absolute atomic E-state index is 0. The zero-order valence-corrected chi connectivity index (χ0v) is 16.8. The molecule has 2 rings (SSSR count). The van der Waals surface area contributed by atoms with Gasteiger partial charge in [-0.3, -0.25) is 4.99 Å². The van der Waals surface area contributed by atoms with Gasteiger partial charge in [-0.05, 0) is 41.6 Å². The molecular weight excluding hydrogens is 480 g/mol. The molecule has 0 saturated carbocycles. The maximum Gasteiger partial charge on any atom is 0.191 e. The third-order valence-corrected chi connectivity index (χ3v) is 4.63. The molecule has 0 radical (unpaired) electrons. The van der Waals surface area contributed by atoms with Crippen molar-refractivity contribution < 1.29 is 4.39 Å². The number of hydrogen-bond donors (Lipinski definition) is 2. The molecule has 3 nitrogen and oxygen atoms in total. The van der Waals surface area contributed by atoms with E-state index in [1.807, 2.05) is 0 Å². The summed E-state index contributed by atoms with van der Waals surface area (Å²) >= 11 is 5.16. The molecule has 2 aromatic rings. The largest absolute Gasteiger partial charge is 0.356 e. The molecule has 0 spiro atoms. The van der Waals surface area contributed by atoms with E-state index in [4.69, 9.17) is 0 Å². The van der Waals surface area contributed by atoms with Crippen LogP contribution in [0, 0.1) is 5.82 Å². The zero-order chi connectivity index (χ0) is 15.1. The van der Waals surface area contributed by atoms with Crippen molar-refractivity contribution in [1.82, 2.24) is 10.6 Å². The zero-order valence-electron chi connectivity index (χ0n) is 12.1. The van der Waals surface area contributed by atoms with Gasteiger partial charge in [-0.2, -0.15) is 0 Å². The first kappa shape index (κ1) is 19.4. The molecule has 120 valence electrons. The standard InChI is InChI=1S/C15H17BrFN3S.HI/c1-18-15(19-7-6-13-3-2-8-21-13)20-10-11-9-12(17)4-5-14(11)16;/h2-5,8-9H,6-7,10H2,1H3,(H2,18,19,20);1H. The van der Waals surface area contributed by atoms with Gasteiger partial charge in [0.15, 0.2) is 5.96 Å². The van der Waals surface area contributed by atoms with Crippen LogP contribution in [0.2, 0.25) is 0 Å². The van der Waals surface area contributed by atoms with Crippen LogP contribution in [-0.2, 0) is 13.0 Å². The molecule has 0 aliphatic rings. The lowest BCUT2D eigenvalue weighted by Gasteiger charge is -2.12. The predicted molar refractivity (Wildman–Crippen MR) is 106 cm³/mol. The van der Waals surface area contributed by atoms with Gasteiger partial charge in [0, 0.05) is 29.5 Å². The Labute approximate surface area is 159 Å². The molecule has 0 aliphatic carbocycles. The van der Waals surface area contributed by atoms with Crippen LogP contribution in [0.25, 0.3) is 0 Å². The maximum absolute atomic E-state index is 13.2. The SMILES string of the molecule is CN=C(NCCc1cccs1)NCc1cc(F)ccc1Br.I. The van der Waals surface area contributed by atoms with Crippen LogP contribution in [0.15, 0.2) is 45.2 Å². The molecule has 0 amide bonds. The average Bonchev–Trinajstić information content (AvgIpc) is 2.99. The van der Waals surface area contributed by atoms with Crippen LogP contribution in [0.3, 0.4) is 0 Å². The number of aliphatic imine (C=N–C) groups is 1. The Morgan fingerprint density at radius 1 is 1.32 bits per heavy atom. The Balaban J connectivity index is 0.00000242. The van der Waals surface area contributed by atoms with E-state index < -0.39 is 0 Å². The Morgan fingerprint density at radius 3 is 2.82 bits per heavy atom. The molecule has 1 aromatic heterocycles. The predicted octanol–water partition coefficient (Wildman–Crippen LogP) is 4.18. The van der Waals surface area contributed by atoms with Crippen molar-refractivity contribution in [3.8, 4) is 0 Å². The Kier molecular flexibility index (Phi) is 8.96. The number of benzene rings is 1. The topological polar surface area (TPSA) is 36.4 Å². The summed E-state index contributed by atoms with van der Waals surface area (Å²) in [5, 5.41) is 8.50. The second-order valence-corrected chi connectivity index (χ2v) is 6.30. The van der Waals surface area contributed by atoms with Crippen LogP contribution >= 0.6 is 51.2 Å². The fourth-order valence-electron chi connectivity index (χ4n) is 1.84. The molecule has 2 N–H and O–H groups in total. The summed E-state index contributed by atoms with van der Waals surface area (Å²) in [5.41, 5.74) is 0.858.